The molecule has 1 aliphatic heterocycles. The first kappa shape index (κ1) is 23.9. The van der Waals surface area contributed by atoms with E-state index < -0.39 is 0 Å². The molecule has 1 N–H and O–H groups in total. The molecule has 2 aromatic carbocycles. The van der Waals surface area contributed by atoms with Crippen LogP contribution < -0.4 is 15.0 Å². The van der Waals surface area contributed by atoms with Gasteiger partial charge in [0.05, 0.1) is 11.8 Å². The molecule has 0 spiro atoms. The molecule has 0 atom stereocenters. The van der Waals surface area contributed by atoms with E-state index in [4.69, 9.17) is 13.8 Å². The molecule has 2 fully saturated rings. The van der Waals surface area contributed by atoms with Crippen LogP contribution >= 0.6 is 11.5 Å². The van der Waals surface area contributed by atoms with Crippen LogP contribution in [-0.4, -0.2) is 61.3 Å². The Balaban J connectivity index is 1.00. The number of ether oxygens (including phenoxy) is 2. The molecule has 1 amide bonds. The fourth-order valence-corrected chi connectivity index (χ4v) is 5.98. The molecule has 2 heterocycles. The second kappa shape index (κ2) is 11.3. The van der Waals surface area contributed by atoms with E-state index in [1.165, 1.54) is 16.5 Å². The molecule has 2 aliphatic rings. The van der Waals surface area contributed by atoms with Gasteiger partial charge in [-0.1, -0.05) is 18.2 Å². The molecule has 3 aromatic rings. The molecule has 5 rings (SSSR count). The number of methoxy groups -OCH3 is 1. The van der Waals surface area contributed by atoms with Gasteiger partial charge in [0.15, 0.2) is 0 Å². The summed E-state index contributed by atoms with van der Waals surface area (Å²) in [7, 11) is 1.61. The van der Waals surface area contributed by atoms with Crippen molar-refractivity contribution in [2.24, 2.45) is 5.92 Å². The molecule has 7 nitrogen and oxygen atoms in total. The second-order valence-electron chi connectivity index (χ2n) is 9.52. The van der Waals surface area contributed by atoms with Crippen LogP contribution in [0, 0.1) is 5.92 Å². The standard InChI is InChI=1S/C27H34N4O3S/c1-33-23-6-4-5-21(19-23)28-27(32)34-22-11-9-20(10-12-22)13-14-30-15-17-31(18-16-30)26-24-7-2-3-8-25(24)35-29-26/h2-8,19-20,22H,9-18H2,1H3,(H,28,32). The number of anilines is 2. The first-order valence-electron chi connectivity index (χ1n) is 12.6. The summed E-state index contributed by atoms with van der Waals surface area (Å²) in [5.41, 5.74) is 0.686. The van der Waals surface area contributed by atoms with E-state index in [0.717, 1.165) is 70.1 Å². The molecule has 35 heavy (non-hydrogen) atoms. The molecule has 1 aromatic heterocycles. The molecule has 186 valence electrons. The molecule has 0 unspecified atom stereocenters. The number of hydrogen-bond donors (Lipinski definition) is 1. The zero-order valence-electron chi connectivity index (χ0n) is 20.3. The SMILES string of the molecule is COc1cccc(NC(=O)OC2CCC(CCN3CCN(c4nsc5ccccc45)CC3)CC2)c1. The maximum absolute atomic E-state index is 12.3. The molecular weight excluding hydrogens is 460 g/mol. The van der Waals surface area contributed by atoms with Crippen LogP contribution in [0.2, 0.25) is 0 Å². The van der Waals surface area contributed by atoms with Crippen LogP contribution in [-0.2, 0) is 4.74 Å². The van der Waals surface area contributed by atoms with Gasteiger partial charge in [-0.25, -0.2) is 4.79 Å². The number of amides is 1. The zero-order valence-corrected chi connectivity index (χ0v) is 21.1. The molecule has 1 aliphatic carbocycles. The van der Waals surface area contributed by atoms with Crippen LogP contribution in [0.25, 0.3) is 10.1 Å². The van der Waals surface area contributed by atoms with Gasteiger partial charge in [0, 0.05) is 43.3 Å². The monoisotopic (exact) mass is 494 g/mol. The van der Waals surface area contributed by atoms with Crippen LogP contribution in [0.5, 0.6) is 5.75 Å². The number of benzene rings is 2. The van der Waals surface area contributed by atoms with E-state index in [2.05, 4.69) is 39.4 Å². The van der Waals surface area contributed by atoms with Gasteiger partial charge in [0.25, 0.3) is 0 Å². The van der Waals surface area contributed by atoms with E-state index >= 15 is 0 Å². The van der Waals surface area contributed by atoms with Crippen molar-refractivity contribution < 1.29 is 14.3 Å². The molecule has 0 bridgehead atoms. The van der Waals surface area contributed by atoms with Crippen LogP contribution in [0.15, 0.2) is 48.5 Å². The number of carbonyl (C=O) groups is 1. The topological polar surface area (TPSA) is 66.9 Å². The fraction of sp³-hybridized carbons (Fsp3) is 0.481. The van der Waals surface area contributed by atoms with Gasteiger partial charge >= 0.3 is 6.09 Å². The fourth-order valence-electron chi connectivity index (χ4n) is 5.19. The number of rotatable bonds is 7. The minimum Gasteiger partial charge on any atom is -0.497 e. The molecular formula is C27H34N4O3S. The molecule has 8 heteroatoms. The van der Waals surface area contributed by atoms with E-state index in [1.54, 1.807) is 24.7 Å². The smallest absolute Gasteiger partial charge is 0.411 e. The molecule has 1 saturated heterocycles. The summed E-state index contributed by atoms with van der Waals surface area (Å²) in [6, 6.07) is 15.8. The number of carbonyl (C=O) groups excluding carboxylic acids is 1. The number of nitrogens with one attached hydrogen (secondary N) is 1. The summed E-state index contributed by atoms with van der Waals surface area (Å²) in [6.07, 6.45) is 4.99. The minimum atomic E-state index is -0.382. The van der Waals surface area contributed by atoms with Crippen LogP contribution in [0.1, 0.15) is 32.1 Å². The van der Waals surface area contributed by atoms with Gasteiger partial charge in [0.2, 0.25) is 0 Å². The lowest BCUT2D eigenvalue weighted by Crippen LogP contribution is -2.47. The van der Waals surface area contributed by atoms with E-state index in [9.17, 15) is 4.79 Å². The van der Waals surface area contributed by atoms with Crippen LogP contribution in [0.4, 0.5) is 16.3 Å². The lowest BCUT2D eigenvalue weighted by Gasteiger charge is -2.36. The van der Waals surface area contributed by atoms with E-state index in [-0.39, 0.29) is 12.2 Å². The third-order valence-corrected chi connectivity index (χ3v) is 8.08. The zero-order chi connectivity index (χ0) is 24.0. The largest absolute Gasteiger partial charge is 0.497 e. The van der Waals surface area contributed by atoms with Gasteiger partial charge < -0.3 is 14.4 Å². The van der Waals surface area contributed by atoms with Crippen molar-refractivity contribution in [1.82, 2.24) is 9.27 Å². The maximum atomic E-state index is 12.3. The lowest BCUT2D eigenvalue weighted by molar-refractivity contribution is 0.0709. The Bertz CT molecular complexity index is 1120. The number of aromatic nitrogens is 1. The lowest BCUT2D eigenvalue weighted by atomic mass is 9.85. The summed E-state index contributed by atoms with van der Waals surface area (Å²) in [5.74, 6) is 2.58. The maximum Gasteiger partial charge on any atom is 0.411 e. The Kier molecular flexibility index (Phi) is 7.69. The summed E-state index contributed by atoms with van der Waals surface area (Å²) in [6.45, 7) is 5.41. The first-order chi connectivity index (χ1) is 17.2. The average molecular weight is 495 g/mol. The Morgan fingerprint density at radius 3 is 2.66 bits per heavy atom. The van der Waals surface area contributed by atoms with Crippen molar-refractivity contribution in [3.63, 3.8) is 0 Å². The predicted octanol–water partition coefficient (Wildman–Crippen LogP) is 5.62. The van der Waals surface area contributed by atoms with Crippen molar-refractivity contribution in [1.29, 1.82) is 0 Å². The van der Waals surface area contributed by atoms with Gasteiger partial charge in [0.1, 0.15) is 17.7 Å². The number of nitrogens with zero attached hydrogens (tertiary/aromatic N) is 3. The highest BCUT2D eigenvalue weighted by molar-refractivity contribution is 7.13. The number of hydrogen-bond acceptors (Lipinski definition) is 7. The minimum absolute atomic E-state index is 0.00772. The normalized spacial score (nSPS) is 21.1. The number of fused-ring (bicyclic) bond motifs is 1. The highest BCUT2D eigenvalue weighted by Crippen LogP contribution is 2.31. The van der Waals surface area contributed by atoms with Crippen molar-refractivity contribution in [2.75, 3.05) is 50.1 Å². The Morgan fingerprint density at radius 2 is 1.86 bits per heavy atom. The first-order valence-corrected chi connectivity index (χ1v) is 13.4. The second-order valence-corrected chi connectivity index (χ2v) is 10.3. The van der Waals surface area contributed by atoms with Gasteiger partial charge in [-0.05, 0) is 80.4 Å². The Morgan fingerprint density at radius 1 is 1.06 bits per heavy atom. The summed E-state index contributed by atoms with van der Waals surface area (Å²) in [5, 5.41) is 4.09. The van der Waals surface area contributed by atoms with E-state index in [0.29, 0.717) is 11.4 Å². The predicted molar refractivity (Wildman–Crippen MR) is 142 cm³/mol. The van der Waals surface area contributed by atoms with Crippen molar-refractivity contribution in [3.8, 4) is 5.75 Å². The van der Waals surface area contributed by atoms with Gasteiger partial charge in [-0.2, -0.15) is 4.37 Å². The summed E-state index contributed by atoms with van der Waals surface area (Å²) < 4.78 is 16.9. The average Bonchev–Trinajstić information content (AvgIpc) is 3.33. The third kappa shape index (κ3) is 6.05. The van der Waals surface area contributed by atoms with Gasteiger partial charge in [-0.15, -0.1) is 0 Å². The highest BCUT2D eigenvalue weighted by Gasteiger charge is 2.26. The highest BCUT2D eigenvalue weighted by atomic mass is 32.1. The third-order valence-electron chi connectivity index (χ3n) is 7.27. The Labute approximate surface area is 211 Å². The quantitative estimate of drug-likeness (QED) is 0.460. The van der Waals surface area contributed by atoms with Crippen molar-refractivity contribution in [3.05, 3.63) is 48.5 Å². The molecule has 0 radical (unpaired) electrons. The molecule has 1 saturated carbocycles. The van der Waals surface area contributed by atoms with Crippen molar-refractivity contribution in [2.45, 2.75) is 38.2 Å². The number of piperazine rings is 1. The van der Waals surface area contributed by atoms with Gasteiger partial charge in [-0.3, -0.25) is 10.2 Å². The van der Waals surface area contributed by atoms with Crippen LogP contribution in [0.3, 0.4) is 0 Å². The summed E-state index contributed by atoms with van der Waals surface area (Å²) >= 11 is 1.60. The summed E-state index contributed by atoms with van der Waals surface area (Å²) in [4.78, 5) is 17.3. The van der Waals surface area contributed by atoms with Crippen molar-refractivity contribution >= 4 is 39.2 Å². The van der Waals surface area contributed by atoms with E-state index in [1.807, 2.05) is 18.2 Å². The Hall–Kier alpha value is -2.84.